The Bertz CT molecular complexity index is 871. The minimum absolute atomic E-state index is 0.0254. The zero-order valence-electron chi connectivity index (χ0n) is 13.7. The maximum absolute atomic E-state index is 12.5. The van der Waals surface area contributed by atoms with E-state index in [0.717, 1.165) is 23.7 Å². The van der Waals surface area contributed by atoms with Crippen molar-refractivity contribution in [1.82, 2.24) is 10.3 Å². The second-order valence-electron chi connectivity index (χ2n) is 5.55. The number of rotatable bonds is 5. The molecule has 8 heteroatoms. The summed E-state index contributed by atoms with van der Waals surface area (Å²) < 4.78 is 48.6. The lowest BCUT2D eigenvalue weighted by molar-refractivity contribution is -0.141. The number of methoxy groups -OCH3 is 1. The van der Waals surface area contributed by atoms with E-state index in [1.807, 2.05) is 30.3 Å². The highest BCUT2D eigenvalue weighted by molar-refractivity contribution is 5.93. The molecule has 2 heterocycles. The molecule has 1 atom stereocenters. The highest BCUT2D eigenvalue weighted by Gasteiger charge is 2.32. The van der Waals surface area contributed by atoms with Gasteiger partial charge in [0.2, 0.25) is 0 Å². The number of aromatic nitrogens is 1. The van der Waals surface area contributed by atoms with Crippen LogP contribution in [0.1, 0.15) is 27.9 Å². The van der Waals surface area contributed by atoms with Crippen molar-refractivity contribution in [2.75, 3.05) is 13.7 Å². The number of hydrogen-bond donors (Lipinski definition) is 1. The molecule has 0 saturated heterocycles. The van der Waals surface area contributed by atoms with Crippen LogP contribution in [0.3, 0.4) is 0 Å². The van der Waals surface area contributed by atoms with Crippen molar-refractivity contribution in [1.29, 1.82) is 0 Å². The number of halogens is 3. The smallest absolute Gasteiger partial charge is 0.433 e. The third-order valence-electron chi connectivity index (χ3n) is 3.81. The molecule has 0 bridgehead atoms. The number of nitrogens with zero attached hydrogens (tertiary/aromatic N) is 1. The summed E-state index contributed by atoms with van der Waals surface area (Å²) >= 11 is 0. The molecule has 26 heavy (non-hydrogen) atoms. The SMILES string of the molecule is CO[C@@H](CNC(=O)c1ccc(C(F)(F)F)nc1)c1cc2ccccc2o1. The molecule has 1 N–H and O–H groups in total. The fourth-order valence-corrected chi connectivity index (χ4v) is 2.44. The lowest BCUT2D eigenvalue weighted by Gasteiger charge is -2.14. The van der Waals surface area contributed by atoms with Crippen LogP contribution in [0.4, 0.5) is 13.2 Å². The van der Waals surface area contributed by atoms with E-state index in [1.54, 1.807) is 0 Å². The predicted octanol–water partition coefficient (Wildman–Crippen LogP) is 3.96. The summed E-state index contributed by atoms with van der Waals surface area (Å²) in [6.07, 6.45) is -4.19. The van der Waals surface area contributed by atoms with Gasteiger partial charge in [-0.1, -0.05) is 18.2 Å². The summed E-state index contributed by atoms with van der Waals surface area (Å²) in [6, 6.07) is 11.1. The number of carbonyl (C=O) groups is 1. The van der Waals surface area contributed by atoms with Gasteiger partial charge in [-0.2, -0.15) is 13.2 Å². The molecule has 5 nitrogen and oxygen atoms in total. The molecule has 0 spiro atoms. The molecule has 0 unspecified atom stereocenters. The number of para-hydroxylation sites is 1. The van der Waals surface area contributed by atoms with Crippen molar-refractivity contribution in [3.8, 4) is 0 Å². The maximum Gasteiger partial charge on any atom is 0.433 e. The number of ether oxygens (including phenoxy) is 1. The van der Waals surface area contributed by atoms with Crippen LogP contribution in [0.25, 0.3) is 11.0 Å². The number of furan rings is 1. The van der Waals surface area contributed by atoms with E-state index in [0.29, 0.717) is 11.3 Å². The summed E-state index contributed by atoms with van der Waals surface area (Å²) in [7, 11) is 1.48. The number of pyridine rings is 1. The highest BCUT2D eigenvalue weighted by Crippen LogP contribution is 2.27. The van der Waals surface area contributed by atoms with Crippen molar-refractivity contribution >= 4 is 16.9 Å². The topological polar surface area (TPSA) is 64.4 Å². The van der Waals surface area contributed by atoms with Gasteiger partial charge in [-0.05, 0) is 24.3 Å². The van der Waals surface area contributed by atoms with Crippen molar-refractivity contribution in [2.24, 2.45) is 0 Å². The van der Waals surface area contributed by atoms with Crippen LogP contribution in [0, 0.1) is 0 Å². The number of amides is 1. The minimum atomic E-state index is -4.54. The van der Waals surface area contributed by atoms with Gasteiger partial charge in [-0.25, -0.2) is 0 Å². The van der Waals surface area contributed by atoms with Crippen LogP contribution in [0.2, 0.25) is 0 Å². The number of nitrogens with one attached hydrogen (secondary N) is 1. The normalized spacial score (nSPS) is 12.9. The van der Waals surface area contributed by atoms with Crippen molar-refractivity contribution < 1.29 is 27.1 Å². The van der Waals surface area contributed by atoms with Gasteiger partial charge in [0, 0.05) is 18.7 Å². The van der Waals surface area contributed by atoms with Gasteiger partial charge < -0.3 is 14.5 Å². The number of carbonyl (C=O) groups excluding carboxylic acids is 1. The fraction of sp³-hybridized carbons (Fsp3) is 0.222. The van der Waals surface area contributed by atoms with Gasteiger partial charge in [0.1, 0.15) is 23.1 Å². The first-order valence-electron chi connectivity index (χ1n) is 7.71. The zero-order chi connectivity index (χ0) is 18.7. The molecule has 1 aromatic carbocycles. The quantitative estimate of drug-likeness (QED) is 0.744. The Hall–Kier alpha value is -2.87. The molecule has 1 amide bonds. The molecule has 136 valence electrons. The van der Waals surface area contributed by atoms with Crippen molar-refractivity contribution in [3.05, 3.63) is 65.7 Å². The van der Waals surface area contributed by atoms with E-state index in [-0.39, 0.29) is 12.1 Å². The monoisotopic (exact) mass is 364 g/mol. The number of alkyl halides is 3. The van der Waals surface area contributed by atoms with E-state index in [4.69, 9.17) is 9.15 Å². The van der Waals surface area contributed by atoms with Crippen LogP contribution in [-0.4, -0.2) is 24.5 Å². The second-order valence-corrected chi connectivity index (χ2v) is 5.55. The second kappa shape index (κ2) is 7.17. The summed E-state index contributed by atoms with van der Waals surface area (Å²) in [5.41, 5.74) is -0.327. The van der Waals surface area contributed by atoms with Crippen LogP contribution in [0.5, 0.6) is 0 Å². The standard InChI is InChI=1S/C18H15F3N2O3/c1-25-15(14-8-11-4-2-3-5-13(11)26-14)10-23-17(24)12-6-7-16(22-9-12)18(19,20)21/h2-9,15H,10H2,1H3,(H,23,24)/t15-/m0/s1. The molecule has 0 aliphatic heterocycles. The molecular formula is C18H15F3N2O3. The van der Waals surface area contributed by atoms with E-state index >= 15 is 0 Å². The summed E-state index contributed by atoms with van der Waals surface area (Å²) in [5, 5.41) is 3.51. The Kier molecular flexibility index (Phi) is 4.94. The molecule has 0 saturated carbocycles. The Labute approximate surface area is 146 Å². The van der Waals surface area contributed by atoms with Gasteiger partial charge in [-0.15, -0.1) is 0 Å². The zero-order valence-corrected chi connectivity index (χ0v) is 13.7. The van der Waals surface area contributed by atoms with Gasteiger partial charge in [0.05, 0.1) is 12.1 Å². The summed E-state index contributed by atoms with van der Waals surface area (Å²) in [5.74, 6) is -0.0103. The molecule has 0 aliphatic carbocycles. The first-order chi connectivity index (χ1) is 12.4. The summed E-state index contributed by atoms with van der Waals surface area (Å²) in [4.78, 5) is 15.4. The first-order valence-corrected chi connectivity index (χ1v) is 7.71. The Balaban J connectivity index is 1.67. The number of hydrogen-bond acceptors (Lipinski definition) is 4. The van der Waals surface area contributed by atoms with Crippen LogP contribution in [0.15, 0.2) is 53.1 Å². The Morgan fingerprint density at radius 3 is 2.65 bits per heavy atom. The van der Waals surface area contributed by atoms with Crippen LogP contribution < -0.4 is 5.32 Å². The minimum Gasteiger partial charge on any atom is -0.458 e. The number of benzene rings is 1. The Morgan fingerprint density at radius 1 is 1.27 bits per heavy atom. The predicted molar refractivity (Wildman–Crippen MR) is 87.5 cm³/mol. The summed E-state index contributed by atoms with van der Waals surface area (Å²) in [6.45, 7) is 0.0934. The first kappa shape index (κ1) is 17.9. The molecule has 0 aliphatic rings. The highest BCUT2D eigenvalue weighted by atomic mass is 19.4. The lowest BCUT2D eigenvalue weighted by atomic mass is 10.2. The van der Waals surface area contributed by atoms with Gasteiger partial charge in [0.25, 0.3) is 5.91 Å². The third kappa shape index (κ3) is 3.85. The third-order valence-corrected chi connectivity index (χ3v) is 3.81. The average molecular weight is 364 g/mol. The molecule has 3 rings (SSSR count). The van der Waals surface area contributed by atoms with Gasteiger partial charge in [0.15, 0.2) is 0 Å². The van der Waals surface area contributed by atoms with Crippen LogP contribution in [-0.2, 0) is 10.9 Å². The fourth-order valence-electron chi connectivity index (χ4n) is 2.44. The molecule has 3 aromatic rings. The van der Waals surface area contributed by atoms with E-state index in [9.17, 15) is 18.0 Å². The number of fused-ring (bicyclic) bond motifs is 1. The van der Waals surface area contributed by atoms with Gasteiger partial charge >= 0.3 is 6.18 Å². The van der Waals surface area contributed by atoms with Crippen molar-refractivity contribution in [3.63, 3.8) is 0 Å². The van der Waals surface area contributed by atoms with E-state index in [2.05, 4.69) is 10.3 Å². The van der Waals surface area contributed by atoms with E-state index < -0.39 is 23.9 Å². The van der Waals surface area contributed by atoms with Crippen LogP contribution >= 0.6 is 0 Å². The van der Waals surface area contributed by atoms with Crippen molar-refractivity contribution in [2.45, 2.75) is 12.3 Å². The van der Waals surface area contributed by atoms with E-state index in [1.165, 1.54) is 7.11 Å². The lowest BCUT2D eigenvalue weighted by Crippen LogP contribution is -2.29. The average Bonchev–Trinajstić information content (AvgIpc) is 3.05. The molecular weight excluding hydrogens is 349 g/mol. The van der Waals surface area contributed by atoms with Gasteiger partial charge in [-0.3, -0.25) is 9.78 Å². The molecule has 0 fully saturated rings. The maximum atomic E-state index is 12.5. The molecule has 0 radical (unpaired) electrons. The molecule has 2 aromatic heterocycles. The Morgan fingerprint density at radius 2 is 2.04 bits per heavy atom. The largest absolute Gasteiger partial charge is 0.458 e.